The number of ether oxygens (including phenoxy) is 4. The van der Waals surface area contributed by atoms with Crippen LogP contribution in [0.15, 0.2) is 92.9 Å². The van der Waals surface area contributed by atoms with Gasteiger partial charge in [-0.25, -0.2) is 10.2 Å². The molecule has 0 aromatic heterocycles. The third kappa shape index (κ3) is 7.99. The van der Waals surface area contributed by atoms with Gasteiger partial charge >= 0.3 is 5.97 Å². The van der Waals surface area contributed by atoms with Crippen molar-refractivity contribution >= 4 is 61.5 Å². The monoisotopic (exact) mass is 709 g/mol. The van der Waals surface area contributed by atoms with Crippen LogP contribution in [0.4, 0.5) is 5.69 Å². The Balaban J connectivity index is 1.45. The second-order valence-electron chi connectivity index (χ2n) is 8.73. The Morgan fingerprint density at radius 1 is 0.698 bits per heavy atom. The molecule has 2 amide bonds. The number of hydrogen-bond acceptors (Lipinski definition) is 8. The van der Waals surface area contributed by atoms with Crippen molar-refractivity contribution in [3.05, 3.63) is 110 Å². The van der Waals surface area contributed by atoms with Gasteiger partial charge in [-0.3, -0.25) is 9.59 Å². The van der Waals surface area contributed by atoms with E-state index >= 15 is 0 Å². The molecular formula is C31H25Br2N3O7. The number of anilines is 1. The van der Waals surface area contributed by atoms with E-state index in [0.29, 0.717) is 34.1 Å². The van der Waals surface area contributed by atoms with Crippen molar-refractivity contribution in [3.8, 4) is 23.0 Å². The average Bonchev–Trinajstić information content (AvgIpc) is 3.01. The molecule has 43 heavy (non-hydrogen) atoms. The standard InChI is InChI=1S/C31H25Br2N3O7/c1-40-26-15-20(16-27(41-2)28(26)42-3)29(37)35-24-6-4-5-19(14-24)30(38)36-34-17-21-13-23(33)11-12-25(21)43-31(39)18-7-9-22(32)10-8-18/h4-17H,1-3H3,(H,35,37)(H,36,38). The minimum atomic E-state index is -0.543. The number of hydrazone groups is 1. The maximum atomic E-state index is 13.0. The van der Waals surface area contributed by atoms with Crippen LogP contribution in [-0.2, 0) is 0 Å². The third-order valence-corrected chi connectivity index (χ3v) is 6.96. The molecule has 0 aliphatic carbocycles. The van der Waals surface area contributed by atoms with Crippen molar-refractivity contribution in [2.24, 2.45) is 5.10 Å². The summed E-state index contributed by atoms with van der Waals surface area (Å²) < 4.78 is 23.0. The van der Waals surface area contributed by atoms with Gasteiger partial charge in [0.25, 0.3) is 11.8 Å². The number of carbonyl (C=O) groups is 3. The third-order valence-electron chi connectivity index (χ3n) is 5.93. The molecule has 0 bridgehead atoms. The van der Waals surface area contributed by atoms with Crippen molar-refractivity contribution in [2.75, 3.05) is 26.6 Å². The molecule has 10 nitrogen and oxygen atoms in total. The molecule has 0 aliphatic rings. The van der Waals surface area contributed by atoms with Crippen LogP contribution in [0.1, 0.15) is 36.6 Å². The normalized spacial score (nSPS) is 10.6. The van der Waals surface area contributed by atoms with Gasteiger partial charge in [-0.05, 0) is 72.8 Å². The first-order chi connectivity index (χ1) is 20.7. The lowest BCUT2D eigenvalue weighted by molar-refractivity contribution is 0.0733. The SMILES string of the molecule is COc1cc(C(=O)Nc2cccc(C(=O)NN=Cc3cc(Br)ccc3OC(=O)c3ccc(Br)cc3)c2)cc(OC)c1OC. The quantitative estimate of drug-likeness (QED) is 0.0837. The smallest absolute Gasteiger partial charge is 0.343 e. The van der Waals surface area contributed by atoms with E-state index in [1.165, 1.54) is 45.7 Å². The number of halogens is 2. The average molecular weight is 711 g/mol. The number of benzene rings is 4. The summed E-state index contributed by atoms with van der Waals surface area (Å²) in [6.07, 6.45) is 1.36. The number of nitrogens with one attached hydrogen (secondary N) is 2. The lowest BCUT2D eigenvalue weighted by Crippen LogP contribution is -2.18. The zero-order valence-corrected chi connectivity index (χ0v) is 26.3. The van der Waals surface area contributed by atoms with E-state index in [-0.39, 0.29) is 16.9 Å². The number of carbonyl (C=O) groups excluding carboxylic acids is 3. The Morgan fingerprint density at radius 2 is 1.37 bits per heavy atom. The molecular weight excluding hydrogens is 686 g/mol. The van der Waals surface area contributed by atoms with Gasteiger partial charge < -0.3 is 24.3 Å². The summed E-state index contributed by atoms with van der Waals surface area (Å²) in [7, 11) is 4.38. The zero-order valence-electron chi connectivity index (χ0n) is 23.1. The second-order valence-corrected chi connectivity index (χ2v) is 10.6. The van der Waals surface area contributed by atoms with E-state index < -0.39 is 17.8 Å². The number of nitrogens with zero attached hydrogens (tertiary/aromatic N) is 1. The van der Waals surface area contributed by atoms with Gasteiger partial charge in [0.2, 0.25) is 5.75 Å². The van der Waals surface area contributed by atoms with Crippen LogP contribution in [-0.4, -0.2) is 45.3 Å². The van der Waals surface area contributed by atoms with E-state index in [2.05, 4.69) is 47.7 Å². The molecule has 12 heteroatoms. The van der Waals surface area contributed by atoms with Crippen LogP contribution in [0, 0.1) is 0 Å². The molecule has 0 saturated heterocycles. The summed E-state index contributed by atoms with van der Waals surface area (Å²) in [6, 6.07) is 21.2. The maximum Gasteiger partial charge on any atom is 0.343 e. The summed E-state index contributed by atoms with van der Waals surface area (Å²) in [5.41, 5.74) is 4.16. The number of methoxy groups -OCH3 is 3. The van der Waals surface area contributed by atoms with Gasteiger partial charge in [0.1, 0.15) is 5.75 Å². The molecule has 4 aromatic carbocycles. The minimum Gasteiger partial charge on any atom is -0.493 e. The highest BCUT2D eigenvalue weighted by Crippen LogP contribution is 2.38. The van der Waals surface area contributed by atoms with Crippen LogP contribution in [0.3, 0.4) is 0 Å². The first kappa shape index (κ1) is 31.3. The van der Waals surface area contributed by atoms with Gasteiger partial charge in [-0.1, -0.05) is 37.9 Å². The van der Waals surface area contributed by atoms with Gasteiger partial charge in [0, 0.05) is 31.3 Å². The fourth-order valence-corrected chi connectivity index (χ4v) is 4.48. The fraction of sp³-hybridized carbons (Fsp3) is 0.0968. The van der Waals surface area contributed by atoms with E-state index in [1.807, 2.05) is 0 Å². The predicted octanol–water partition coefficient (Wildman–Crippen LogP) is 6.47. The molecule has 0 aliphatic heterocycles. The van der Waals surface area contributed by atoms with Crippen molar-refractivity contribution in [1.82, 2.24) is 5.43 Å². The van der Waals surface area contributed by atoms with Gasteiger partial charge in [-0.2, -0.15) is 5.10 Å². The lowest BCUT2D eigenvalue weighted by atomic mass is 10.1. The van der Waals surface area contributed by atoms with Crippen LogP contribution >= 0.6 is 31.9 Å². The maximum absolute atomic E-state index is 13.0. The molecule has 220 valence electrons. The first-order valence-corrected chi connectivity index (χ1v) is 14.1. The summed E-state index contributed by atoms with van der Waals surface area (Å²) in [4.78, 5) is 38.4. The molecule has 0 unspecified atom stereocenters. The van der Waals surface area contributed by atoms with Crippen molar-refractivity contribution in [1.29, 1.82) is 0 Å². The highest BCUT2D eigenvalue weighted by atomic mass is 79.9. The number of amides is 2. The predicted molar refractivity (Wildman–Crippen MR) is 169 cm³/mol. The highest BCUT2D eigenvalue weighted by Gasteiger charge is 2.18. The van der Waals surface area contributed by atoms with Gasteiger partial charge in [0.15, 0.2) is 11.5 Å². The van der Waals surface area contributed by atoms with Crippen LogP contribution in [0.5, 0.6) is 23.0 Å². The van der Waals surface area contributed by atoms with Crippen LogP contribution in [0.25, 0.3) is 0 Å². The largest absolute Gasteiger partial charge is 0.493 e. The number of rotatable bonds is 10. The zero-order chi connectivity index (χ0) is 30.9. The molecule has 0 fully saturated rings. The van der Waals surface area contributed by atoms with E-state index in [4.69, 9.17) is 18.9 Å². The van der Waals surface area contributed by atoms with E-state index in [0.717, 1.165) is 8.95 Å². The second kappa shape index (κ2) is 14.5. The van der Waals surface area contributed by atoms with Crippen molar-refractivity contribution in [2.45, 2.75) is 0 Å². The molecule has 0 radical (unpaired) electrons. The molecule has 0 spiro atoms. The molecule has 0 saturated carbocycles. The van der Waals surface area contributed by atoms with Crippen LogP contribution < -0.4 is 29.7 Å². The van der Waals surface area contributed by atoms with Gasteiger partial charge in [-0.15, -0.1) is 0 Å². The Kier molecular flexibility index (Phi) is 10.5. The Morgan fingerprint density at radius 3 is 2.02 bits per heavy atom. The topological polar surface area (TPSA) is 125 Å². The summed E-state index contributed by atoms with van der Waals surface area (Å²) >= 11 is 6.73. The summed E-state index contributed by atoms with van der Waals surface area (Å²) in [5, 5.41) is 6.79. The number of hydrogen-bond donors (Lipinski definition) is 2. The molecule has 0 heterocycles. The molecule has 4 aromatic rings. The van der Waals surface area contributed by atoms with Crippen LogP contribution in [0.2, 0.25) is 0 Å². The van der Waals surface area contributed by atoms with E-state index in [9.17, 15) is 14.4 Å². The first-order valence-electron chi connectivity index (χ1n) is 12.5. The van der Waals surface area contributed by atoms with E-state index in [1.54, 1.807) is 60.7 Å². The Hall–Kier alpha value is -4.68. The van der Waals surface area contributed by atoms with Gasteiger partial charge in [0.05, 0.1) is 33.1 Å². The molecule has 0 atom stereocenters. The van der Waals surface area contributed by atoms with Crippen molar-refractivity contribution in [3.63, 3.8) is 0 Å². The Labute approximate surface area is 264 Å². The molecule has 4 rings (SSSR count). The van der Waals surface area contributed by atoms with Crippen molar-refractivity contribution < 1.29 is 33.3 Å². The Bertz CT molecular complexity index is 1670. The number of esters is 1. The lowest BCUT2D eigenvalue weighted by Gasteiger charge is -2.14. The highest BCUT2D eigenvalue weighted by molar-refractivity contribution is 9.10. The summed E-state index contributed by atoms with van der Waals surface area (Å²) in [6.45, 7) is 0. The minimum absolute atomic E-state index is 0.246. The fourth-order valence-electron chi connectivity index (χ4n) is 3.84. The molecule has 2 N–H and O–H groups in total. The summed E-state index contributed by atoms with van der Waals surface area (Å²) in [5.74, 6) is -0.245.